The number of urea groups is 1. The second-order valence-electron chi connectivity index (χ2n) is 5.54. The number of aryl methyl sites for hydroxylation is 1. The van der Waals surface area contributed by atoms with E-state index in [1.807, 2.05) is 0 Å². The van der Waals surface area contributed by atoms with Gasteiger partial charge in [0, 0.05) is 0 Å². The molecule has 1 aromatic heterocycles. The van der Waals surface area contributed by atoms with Gasteiger partial charge in [0.15, 0.2) is 0 Å². The van der Waals surface area contributed by atoms with Crippen molar-refractivity contribution < 1.29 is 27.6 Å². The van der Waals surface area contributed by atoms with Gasteiger partial charge in [-0.05, 0) is 30.0 Å². The Morgan fingerprint density at radius 1 is 1.19 bits per heavy atom. The summed E-state index contributed by atoms with van der Waals surface area (Å²) in [4.78, 5) is 37.4. The first-order valence-electron chi connectivity index (χ1n) is 7.32. The largest absolute Gasteiger partial charge is 0.440 e. The number of imide groups is 1. The molecular formula is C16H12F3N3O3S. The molecular weight excluding hydrogens is 371 g/mol. The van der Waals surface area contributed by atoms with Gasteiger partial charge in [0.2, 0.25) is 0 Å². The van der Waals surface area contributed by atoms with Crippen LogP contribution in [0, 0.1) is 6.92 Å². The van der Waals surface area contributed by atoms with E-state index in [1.54, 1.807) is 29.7 Å². The highest BCUT2D eigenvalue weighted by Gasteiger charge is 2.69. The fourth-order valence-corrected chi connectivity index (χ4v) is 3.17. The maximum Gasteiger partial charge on any atom is 0.440 e. The number of nitrogens with one attached hydrogen (secondary N) is 2. The molecule has 1 atom stereocenters. The number of carbonyl (C=O) groups excluding carboxylic acids is 3. The fourth-order valence-electron chi connectivity index (χ4n) is 2.55. The van der Waals surface area contributed by atoms with Crippen molar-refractivity contribution in [1.29, 1.82) is 0 Å². The number of rotatable bonds is 3. The van der Waals surface area contributed by atoms with E-state index in [0.29, 0.717) is 10.5 Å². The summed E-state index contributed by atoms with van der Waals surface area (Å²) in [6.07, 6.45) is -5.25. The number of thiophene rings is 1. The zero-order valence-electron chi connectivity index (χ0n) is 13.3. The van der Waals surface area contributed by atoms with Crippen LogP contribution in [0.3, 0.4) is 0 Å². The van der Waals surface area contributed by atoms with Gasteiger partial charge in [0.05, 0.1) is 10.6 Å². The molecule has 10 heteroatoms. The Morgan fingerprint density at radius 3 is 2.46 bits per heavy atom. The second-order valence-corrected chi connectivity index (χ2v) is 6.48. The van der Waals surface area contributed by atoms with Crippen molar-refractivity contribution >= 4 is 34.9 Å². The third-order valence-electron chi connectivity index (χ3n) is 3.85. The first-order chi connectivity index (χ1) is 12.2. The van der Waals surface area contributed by atoms with Crippen LogP contribution in [0.25, 0.3) is 0 Å². The van der Waals surface area contributed by atoms with Crippen molar-refractivity contribution in [2.75, 3.05) is 4.90 Å². The van der Waals surface area contributed by atoms with Crippen LogP contribution in [0.5, 0.6) is 0 Å². The highest BCUT2D eigenvalue weighted by Crippen LogP contribution is 2.36. The average molecular weight is 383 g/mol. The Balaban J connectivity index is 2.04. The van der Waals surface area contributed by atoms with Gasteiger partial charge in [-0.25, -0.2) is 9.69 Å². The molecule has 1 saturated heterocycles. The summed E-state index contributed by atoms with van der Waals surface area (Å²) in [7, 11) is 0. The number of anilines is 1. The second kappa shape index (κ2) is 6.13. The fraction of sp³-hybridized carbons (Fsp3) is 0.188. The minimum Gasteiger partial charge on any atom is -0.313 e. The van der Waals surface area contributed by atoms with E-state index >= 15 is 0 Å². The molecule has 0 spiro atoms. The third-order valence-corrected chi connectivity index (χ3v) is 4.72. The molecule has 0 saturated carbocycles. The average Bonchev–Trinajstić information content (AvgIpc) is 3.16. The van der Waals surface area contributed by atoms with Crippen LogP contribution in [0.4, 0.5) is 23.7 Å². The Bertz CT molecular complexity index is 882. The molecule has 1 aromatic carbocycles. The zero-order valence-corrected chi connectivity index (χ0v) is 14.1. The van der Waals surface area contributed by atoms with Gasteiger partial charge in [-0.2, -0.15) is 13.2 Å². The van der Waals surface area contributed by atoms with Crippen LogP contribution < -0.4 is 15.5 Å². The van der Waals surface area contributed by atoms with E-state index in [1.165, 1.54) is 29.6 Å². The molecule has 2 N–H and O–H groups in total. The number of nitrogens with zero attached hydrogens (tertiary/aromatic N) is 1. The molecule has 4 amide bonds. The van der Waals surface area contributed by atoms with Gasteiger partial charge in [-0.1, -0.05) is 24.3 Å². The Hall–Kier alpha value is -2.88. The monoisotopic (exact) mass is 383 g/mol. The van der Waals surface area contributed by atoms with E-state index < -0.39 is 29.7 Å². The first kappa shape index (κ1) is 17.9. The smallest absolute Gasteiger partial charge is 0.313 e. The Labute approximate surface area is 149 Å². The summed E-state index contributed by atoms with van der Waals surface area (Å²) in [5, 5.41) is 4.77. The maximum atomic E-state index is 13.8. The molecule has 1 aliphatic heterocycles. The minimum atomic E-state index is -5.25. The molecule has 1 fully saturated rings. The highest BCUT2D eigenvalue weighted by molar-refractivity contribution is 7.12. The molecule has 136 valence electrons. The van der Waals surface area contributed by atoms with Gasteiger partial charge in [-0.3, -0.25) is 14.9 Å². The Kier molecular flexibility index (Phi) is 4.23. The molecule has 3 rings (SSSR count). The summed E-state index contributed by atoms with van der Waals surface area (Å²) >= 11 is 0.908. The number of alkyl halides is 3. The third kappa shape index (κ3) is 2.71. The van der Waals surface area contributed by atoms with Crippen molar-refractivity contribution in [2.45, 2.75) is 18.8 Å². The summed E-state index contributed by atoms with van der Waals surface area (Å²) in [5.74, 6) is -2.73. The van der Waals surface area contributed by atoms with Crippen molar-refractivity contribution in [1.82, 2.24) is 10.6 Å². The van der Waals surface area contributed by atoms with Crippen LogP contribution >= 0.6 is 11.3 Å². The van der Waals surface area contributed by atoms with E-state index in [2.05, 4.69) is 0 Å². The first-order valence-corrected chi connectivity index (χ1v) is 8.20. The van der Waals surface area contributed by atoms with E-state index in [4.69, 9.17) is 0 Å². The number of para-hydroxylation sites is 1. The quantitative estimate of drug-likeness (QED) is 0.800. The number of benzene rings is 1. The molecule has 0 radical (unpaired) electrons. The van der Waals surface area contributed by atoms with E-state index in [0.717, 1.165) is 11.3 Å². The normalized spacial score (nSPS) is 20.2. The minimum absolute atomic E-state index is 0.00602. The van der Waals surface area contributed by atoms with Gasteiger partial charge in [0.1, 0.15) is 0 Å². The predicted molar refractivity (Wildman–Crippen MR) is 87.8 cm³/mol. The number of carbonyl (C=O) groups is 3. The van der Waals surface area contributed by atoms with Gasteiger partial charge >= 0.3 is 12.2 Å². The zero-order chi connectivity index (χ0) is 19.1. The summed E-state index contributed by atoms with van der Waals surface area (Å²) < 4.78 is 41.3. The standard InChI is InChI=1S/C16H12F3N3O3S/c1-9-5-2-3-6-10(9)22-13(24)15(16(17,18)19,21-14(22)25)20-12(23)11-7-4-8-26-11/h2-8H,1H3,(H,20,23)(H,21,25). The molecule has 0 bridgehead atoms. The summed E-state index contributed by atoms with van der Waals surface area (Å²) in [5.41, 5.74) is -3.10. The lowest BCUT2D eigenvalue weighted by Gasteiger charge is -2.29. The van der Waals surface area contributed by atoms with Crippen LogP contribution in [0.15, 0.2) is 41.8 Å². The molecule has 0 aliphatic carbocycles. The molecule has 1 aliphatic rings. The van der Waals surface area contributed by atoms with Crippen molar-refractivity contribution in [2.24, 2.45) is 0 Å². The van der Waals surface area contributed by atoms with Crippen LogP contribution in [-0.2, 0) is 4.79 Å². The van der Waals surface area contributed by atoms with Crippen molar-refractivity contribution in [3.8, 4) is 0 Å². The maximum absolute atomic E-state index is 13.8. The summed E-state index contributed by atoms with van der Waals surface area (Å²) in [6.45, 7) is 1.55. The topological polar surface area (TPSA) is 78.5 Å². The molecule has 1 unspecified atom stereocenters. The predicted octanol–water partition coefficient (Wildman–Crippen LogP) is 2.80. The number of hydrogen-bond acceptors (Lipinski definition) is 4. The Morgan fingerprint density at radius 2 is 1.88 bits per heavy atom. The lowest BCUT2D eigenvalue weighted by atomic mass is 10.1. The van der Waals surface area contributed by atoms with Crippen LogP contribution in [0.1, 0.15) is 15.2 Å². The number of hydrogen-bond donors (Lipinski definition) is 2. The SMILES string of the molecule is Cc1ccccc1N1C(=O)NC(NC(=O)c2cccs2)(C(F)(F)F)C1=O. The van der Waals surface area contributed by atoms with Gasteiger partial charge < -0.3 is 5.32 Å². The van der Waals surface area contributed by atoms with Gasteiger partial charge in [-0.15, -0.1) is 11.3 Å². The molecule has 6 nitrogen and oxygen atoms in total. The molecule has 2 heterocycles. The van der Waals surface area contributed by atoms with Crippen molar-refractivity contribution in [3.63, 3.8) is 0 Å². The van der Waals surface area contributed by atoms with Crippen LogP contribution in [0.2, 0.25) is 0 Å². The number of halogens is 3. The summed E-state index contributed by atoms with van der Waals surface area (Å²) in [6, 6.07) is 7.52. The van der Waals surface area contributed by atoms with Crippen molar-refractivity contribution in [3.05, 3.63) is 52.2 Å². The van der Waals surface area contributed by atoms with Gasteiger partial charge in [0.25, 0.3) is 17.5 Å². The van der Waals surface area contributed by atoms with E-state index in [-0.39, 0.29) is 10.6 Å². The molecule has 26 heavy (non-hydrogen) atoms. The number of amides is 4. The highest BCUT2D eigenvalue weighted by atomic mass is 32.1. The molecule has 2 aromatic rings. The van der Waals surface area contributed by atoms with Crippen LogP contribution in [-0.4, -0.2) is 29.7 Å². The van der Waals surface area contributed by atoms with E-state index in [9.17, 15) is 27.6 Å². The lowest BCUT2D eigenvalue weighted by molar-refractivity contribution is -0.197. The lowest BCUT2D eigenvalue weighted by Crippen LogP contribution is -2.69.